The van der Waals surface area contributed by atoms with Crippen LogP contribution in [-0.4, -0.2) is 10.8 Å². The van der Waals surface area contributed by atoms with E-state index in [1.807, 2.05) is 0 Å². The predicted molar refractivity (Wildman–Crippen MR) is 69.3 cm³/mol. The van der Waals surface area contributed by atoms with E-state index in [-0.39, 0.29) is 0 Å². The molecule has 1 fully saturated rings. The van der Waals surface area contributed by atoms with Crippen molar-refractivity contribution in [2.45, 2.75) is 38.5 Å². The quantitative estimate of drug-likeness (QED) is 0.791. The average Bonchev–Trinajstić information content (AvgIpc) is 2.73. The summed E-state index contributed by atoms with van der Waals surface area (Å²) in [5, 5.41) is 1.34. The third-order valence-corrected chi connectivity index (χ3v) is 3.85. The fourth-order valence-electron chi connectivity index (χ4n) is 2.84. The summed E-state index contributed by atoms with van der Waals surface area (Å²) in [7, 11) is 0. The minimum Gasteiger partial charge on any atom is -0.361 e. The molecule has 1 aromatic heterocycles. The number of aryl methyl sites for hydroxylation is 1. The van der Waals surface area contributed by atoms with Gasteiger partial charge in [-0.05, 0) is 43.4 Å². The normalized spacial score (nSPS) is 17.8. The molecule has 0 radical (unpaired) electrons. The Hall–Kier alpha value is -1.57. The summed E-state index contributed by atoms with van der Waals surface area (Å²) in [6, 6.07) is 6.52. The highest BCUT2D eigenvalue weighted by molar-refractivity contribution is 5.85. The number of hydrogen-bond acceptors (Lipinski definition) is 1. The Morgan fingerprint density at radius 3 is 2.76 bits per heavy atom. The molecule has 17 heavy (non-hydrogen) atoms. The van der Waals surface area contributed by atoms with E-state index in [0.717, 1.165) is 25.7 Å². The Morgan fingerprint density at radius 2 is 2.00 bits per heavy atom. The van der Waals surface area contributed by atoms with E-state index in [1.54, 1.807) is 0 Å². The first-order valence-corrected chi connectivity index (χ1v) is 6.33. The van der Waals surface area contributed by atoms with Gasteiger partial charge in [0.15, 0.2) is 0 Å². The van der Waals surface area contributed by atoms with Crippen LogP contribution in [0.3, 0.4) is 0 Å². The van der Waals surface area contributed by atoms with Gasteiger partial charge >= 0.3 is 0 Å². The summed E-state index contributed by atoms with van der Waals surface area (Å²) in [6.45, 7) is 2.13. The second-order valence-electron chi connectivity index (χ2n) is 5.11. The molecular formula is C15H17NO. The first kappa shape index (κ1) is 10.6. The monoisotopic (exact) mass is 227 g/mol. The topological polar surface area (TPSA) is 32.9 Å². The van der Waals surface area contributed by atoms with Gasteiger partial charge in [0.1, 0.15) is 5.78 Å². The standard InChI is InChI=1S/C15H17NO/c1-10-2-7-15-13(8-10)14(9-16-15)11-3-5-12(17)6-4-11/h2,7-9,11,16H,3-6H2,1H3. The van der Waals surface area contributed by atoms with Crippen molar-refractivity contribution in [1.82, 2.24) is 4.98 Å². The van der Waals surface area contributed by atoms with E-state index < -0.39 is 0 Å². The molecule has 3 rings (SSSR count). The summed E-state index contributed by atoms with van der Waals surface area (Å²) >= 11 is 0. The number of carbonyl (C=O) groups is 1. The van der Waals surface area contributed by atoms with Crippen LogP contribution in [0, 0.1) is 6.92 Å². The van der Waals surface area contributed by atoms with E-state index in [1.165, 1.54) is 22.0 Å². The van der Waals surface area contributed by atoms with Crippen LogP contribution in [0.1, 0.15) is 42.7 Å². The van der Waals surface area contributed by atoms with E-state index in [2.05, 4.69) is 36.3 Å². The number of fused-ring (bicyclic) bond motifs is 1. The van der Waals surface area contributed by atoms with Crippen molar-refractivity contribution in [2.24, 2.45) is 0 Å². The summed E-state index contributed by atoms with van der Waals surface area (Å²) in [4.78, 5) is 14.6. The summed E-state index contributed by atoms with van der Waals surface area (Å²) in [5.41, 5.74) is 3.91. The van der Waals surface area contributed by atoms with Gasteiger partial charge in [0.2, 0.25) is 0 Å². The first-order chi connectivity index (χ1) is 8.24. The predicted octanol–water partition coefficient (Wildman–Crippen LogP) is 3.70. The van der Waals surface area contributed by atoms with Gasteiger partial charge in [-0.2, -0.15) is 0 Å². The van der Waals surface area contributed by atoms with Crippen molar-refractivity contribution in [1.29, 1.82) is 0 Å². The fraction of sp³-hybridized carbons (Fsp3) is 0.400. The molecule has 0 bridgehead atoms. The molecule has 2 aromatic rings. The molecule has 1 aliphatic rings. The zero-order valence-corrected chi connectivity index (χ0v) is 10.1. The number of carbonyl (C=O) groups excluding carboxylic acids is 1. The number of Topliss-reactive ketones (excluding diaryl/α,β-unsaturated/α-hetero) is 1. The maximum Gasteiger partial charge on any atom is 0.132 e. The number of ketones is 1. The van der Waals surface area contributed by atoms with Gasteiger partial charge in [-0.15, -0.1) is 0 Å². The van der Waals surface area contributed by atoms with E-state index >= 15 is 0 Å². The van der Waals surface area contributed by atoms with Crippen molar-refractivity contribution in [3.8, 4) is 0 Å². The molecule has 0 atom stereocenters. The molecule has 1 N–H and O–H groups in total. The lowest BCUT2D eigenvalue weighted by Crippen LogP contribution is -2.11. The fourth-order valence-corrected chi connectivity index (χ4v) is 2.84. The average molecular weight is 227 g/mol. The first-order valence-electron chi connectivity index (χ1n) is 6.33. The maximum atomic E-state index is 11.3. The molecule has 88 valence electrons. The van der Waals surface area contributed by atoms with Crippen LogP contribution >= 0.6 is 0 Å². The Bertz CT molecular complexity index is 557. The molecule has 2 nitrogen and oxygen atoms in total. The van der Waals surface area contributed by atoms with Crippen LogP contribution in [0.25, 0.3) is 10.9 Å². The molecular weight excluding hydrogens is 210 g/mol. The summed E-state index contributed by atoms with van der Waals surface area (Å²) in [6.07, 6.45) is 5.66. The van der Waals surface area contributed by atoms with Crippen LogP contribution in [-0.2, 0) is 4.79 Å². The zero-order chi connectivity index (χ0) is 11.8. The second kappa shape index (κ2) is 4.02. The number of aromatic amines is 1. The Morgan fingerprint density at radius 1 is 1.24 bits per heavy atom. The number of benzene rings is 1. The molecule has 0 saturated heterocycles. The minimum atomic E-state index is 0.428. The molecule has 1 saturated carbocycles. The molecule has 1 aromatic carbocycles. The van der Waals surface area contributed by atoms with Crippen molar-refractivity contribution in [3.63, 3.8) is 0 Å². The van der Waals surface area contributed by atoms with Crippen LogP contribution in [0.5, 0.6) is 0 Å². The highest BCUT2D eigenvalue weighted by atomic mass is 16.1. The SMILES string of the molecule is Cc1ccc2[nH]cc(C3CCC(=O)CC3)c2c1. The van der Waals surface area contributed by atoms with Crippen LogP contribution in [0.15, 0.2) is 24.4 Å². The molecule has 0 spiro atoms. The molecule has 0 amide bonds. The van der Waals surface area contributed by atoms with Crippen molar-refractivity contribution in [2.75, 3.05) is 0 Å². The van der Waals surface area contributed by atoms with Crippen molar-refractivity contribution in [3.05, 3.63) is 35.5 Å². The highest BCUT2D eigenvalue weighted by Crippen LogP contribution is 2.35. The van der Waals surface area contributed by atoms with Gasteiger partial charge in [-0.1, -0.05) is 11.6 Å². The Labute approximate surface area is 101 Å². The van der Waals surface area contributed by atoms with Crippen LogP contribution in [0.2, 0.25) is 0 Å². The van der Waals surface area contributed by atoms with E-state index in [9.17, 15) is 4.79 Å². The van der Waals surface area contributed by atoms with Gasteiger partial charge in [0.05, 0.1) is 0 Å². The number of aromatic nitrogens is 1. The number of H-pyrrole nitrogens is 1. The summed E-state index contributed by atoms with van der Waals surface area (Å²) in [5.74, 6) is 0.987. The van der Waals surface area contributed by atoms with Gasteiger partial charge in [-0.3, -0.25) is 4.79 Å². The molecule has 1 aliphatic carbocycles. The largest absolute Gasteiger partial charge is 0.361 e. The van der Waals surface area contributed by atoms with Crippen molar-refractivity contribution < 1.29 is 4.79 Å². The third kappa shape index (κ3) is 1.88. The number of rotatable bonds is 1. The zero-order valence-electron chi connectivity index (χ0n) is 10.1. The molecule has 0 aliphatic heterocycles. The van der Waals surface area contributed by atoms with Gasteiger partial charge < -0.3 is 4.98 Å². The lowest BCUT2D eigenvalue weighted by atomic mass is 9.83. The highest BCUT2D eigenvalue weighted by Gasteiger charge is 2.22. The molecule has 1 heterocycles. The smallest absolute Gasteiger partial charge is 0.132 e. The van der Waals surface area contributed by atoms with Crippen molar-refractivity contribution >= 4 is 16.7 Å². The third-order valence-electron chi connectivity index (χ3n) is 3.85. The maximum absolute atomic E-state index is 11.3. The lowest BCUT2D eigenvalue weighted by Gasteiger charge is -2.20. The molecule has 0 unspecified atom stereocenters. The second-order valence-corrected chi connectivity index (χ2v) is 5.11. The number of nitrogens with one attached hydrogen (secondary N) is 1. The Balaban J connectivity index is 1.99. The minimum absolute atomic E-state index is 0.428. The number of hydrogen-bond donors (Lipinski definition) is 1. The van der Waals surface area contributed by atoms with Crippen LogP contribution < -0.4 is 0 Å². The molecule has 2 heteroatoms. The van der Waals surface area contributed by atoms with Crippen LogP contribution in [0.4, 0.5) is 0 Å². The van der Waals surface area contributed by atoms with Gasteiger partial charge in [-0.25, -0.2) is 0 Å². The van der Waals surface area contributed by atoms with Gasteiger partial charge in [0.25, 0.3) is 0 Å². The lowest BCUT2D eigenvalue weighted by molar-refractivity contribution is -0.120. The van der Waals surface area contributed by atoms with Gasteiger partial charge in [0, 0.05) is 29.9 Å². The summed E-state index contributed by atoms with van der Waals surface area (Å²) < 4.78 is 0. The Kier molecular flexibility index (Phi) is 2.50. The van der Waals surface area contributed by atoms with E-state index in [0.29, 0.717) is 11.7 Å². The van der Waals surface area contributed by atoms with E-state index in [4.69, 9.17) is 0 Å².